The molecule has 0 spiro atoms. The maximum Gasteiger partial charge on any atom is 0.236 e. The van der Waals surface area contributed by atoms with Crippen LogP contribution in [0.3, 0.4) is 0 Å². The number of pyridine rings is 1. The van der Waals surface area contributed by atoms with Gasteiger partial charge in [0.2, 0.25) is 11.8 Å². The van der Waals surface area contributed by atoms with Crippen LogP contribution < -0.4 is 15.0 Å². The Morgan fingerprint density at radius 3 is 2.85 bits per heavy atom. The van der Waals surface area contributed by atoms with E-state index >= 15 is 0 Å². The summed E-state index contributed by atoms with van der Waals surface area (Å²) >= 11 is 0. The molecule has 3 aliphatic rings. The van der Waals surface area contributed by atoms with Crippen LogP contribution in [0.1, 0.15) is 24.1 Å². The van der Waals surface area contributed by atoms with Crippen molar-refractivity contribution < 1.29 is 19.1 Å². The van der Waals surface area contributed by atoms with Gasteiger partial charge in [0.25, 0.3) is 0 Å². The van der Waals surface area contributed by atoms with Gasteiger partial charge in [-0.3, -0.25) is 14.6 Å². The number of carbonyl (C=O) groups excluding carboxylic acids is 2. The number of piperidine rings is 1. The van der Waals surface area contributed by atoms with Crippen LogP contribution in [-0.4, -0.2) is 92.7 Å². The van der Waals surface area contributed by atoms with Gasteiger partial charge in [-0.1, -0.05) is 18.2 Å². The molecule has 3 aliphatic heterocycles. The van der Waals surface area contributed by atoms with Crippen molar-refractivity contribution in [2.24, 2.45) is 11.8 Å². The zero-order valence-corrected chi connectivity index (χ0v) is 23.5. The number of ether oxygens (including phenoxy) is 2. The van der Waals surface area contributed by atoms with Gasteiger partial charge >= 0.3 is 0 Å². The van der Waals surface area contributed by atoms with Crippen LogP contribution >= 0.6 is 0 Å². The van der Waals surface area contributed by atoms with Crippen LogP contribution in [0.25, 0.3) is 0 Å². The number of rotatable bonds is 6. The third kappa shape index (κ3) is 7.40. The SMILES string of the molecule is CN(CCc1ccccn1)c1ccc2c(c1)CNCC(=O)N1CC[C@@H](CC(=O)N3CCOCC3)[C@@H](/C=C\CO2)C1. The second-order valence-electron chi connectivity index (χ2n) is 10.9. The van der Waals surface area contributed by atoms with E-state index in [9.17, 15) is 9.59 Å². The van der Waals surface area contributed by atoms with Crippen molar-refractivity contribution in [2.75, 3.05) is 71.0 Å². The molecular formula is C31H41N5O4. The molecule has 9 heteroatoms. The summed E-state index contributed by atoms with van der Waals surface area (Å²) in [6.07, 6.45) is 8.22. The highest BCUT2D eigenvalue weighted by Crippen LogP contribution is 2.30. The molecule has 2 fully saturated rings. The monoisotopic (exact) mass is 547 g/mol. The van der Waals surface area contributed by atoms with Gasteiger partial charge in [-0.2, -0.15) is 0 Å². The molecule has 9 nitrogen and oxygen atoms in total. The van der Waals surface area contributed by atoms with E-state index in [1.165, 1.54) is 0 Å². The number of carbonyl (C=O) groups is 2. The lowest BCUT2D eigenvalue weighted by molar-refractivity contribution is -0.137. The van der Waals surface area contributed by atoms with E-state index in [-0.39, 0.29) is 30.2 Å². The molecule has 1 aromatic carbocycles. The Hall–Kier alpha value is -3.43. The highest BCUT2D eigenvalue weighted by molar-refractivity contribution is 5.79. The van der Waals surface area contributed by atoms with E-state index < -0.39 is 0 Å². The molecule has 5 rings (SSSR count). The summed E-state index contributed by atoms with van der Waals surface area (Å²) in [5, 5.41) is 3.35. The van der Waals surface area contributed by atoms with Crippen molar-refractivity contribution in [1.82, 2.24) is 20.1 Å². The number of likely N-dealkylation sites (N-methyl/N-ethyl adjacent to an activating group) is 1. The number of nitrogens with one attached hydrogen (secondary N) is 1. The zero-order chi connectivity index (χ0) is 27.7. The number of hydrogen-bond acceptors (Lipinski definition) is 7. The van der Waals surface area contributed by atoms with Crippen LogP contribution in [0.2, 0.25) is 0 Å². The third-order valence-electron chi connectivity index (χ3n) is 8.18. The van der Waals surface area contributed by atoms with Gasteiger partial charge in [-0.15, -0.1) is 0 Å². The summed E-state index contributed by atoms with van der Waals surface area (Å²) in [7, 11) is 2.08. The zero-order valence-electron chi connectivity index (χ0n) is 23.5. The van der Waals surface area contributed by atoms with E-state index in [2.05, 4.69) is 40.5 Å². The fourth-order valence-corrected chi connectivity index (χ4v) is 5.72. The lowest BCUT2D eigenvalue weighted by Crippen LogP contribution is -2.48. The van der Waals surface area contributed by atoms with E-state index in [1.54, 1.807) is 0 Å². The second-order valence-corrected chi connectivity index (χ2v) is 10.9. The fraction of sp³-hybridized carbons (Fsp3) is 0.516. The number of hydrogen-bond donors (Lipinski definition) is 1. The highest BCUT2D eigenvalue weighted by Gasteiger charge is 2.32. The van der Waals surface area contributed by atoms with E-state index in [1.807, 2.05) is 46.3 Å². The largest absolute Gasteiger partial charge is 0.489 e. The maximum absolute atomic E-state index is 13.1. The fourth-order valence-electron chi connectivity index (χ4n) is 5.72. The molecule has 0 aliphatic carbocycles. The van der Waals surface area contributed by atoms with Gasteiger partial charge in [-0.05, 0) is 48.6 Å². The summed E-state index contributed by atoms with van der Waals surface area (Å²) in [6, 6.07) is 12.2. The van der Waals surface area contributed by atoms with Crippen molar-refractivity contribution >= 4 is 17.5 Å². The first-order valence-electron chi connectivity index (χ1n) is 14.4. The summed E-state index contributed by atoms with van der Waals surface area (Å²) in [6.45, 7) is 5.96. The molecule has 0 radical (unpaired) electrons. The molecule has 40 heavy (non-hydrogen) atoms. The van der Waals surface area contributed by atoms with Gasteiger partial charge in [0.05, 0.1) is 19.8 Å². The third-order valence-corrected chi connectivity index (χ3v) is 8.18. The van der Waals surface area contributed by atoms with Crippen molar-refractivity contribution in [2.45, 2.75) is 25.8 Å². The summed E-state index contributed by atoms with van der Waals surface area (Å²) in [5.74, 6) is 1.44. The minimum Gasteiger partial charge on any atom is -0.489 e. The van der Waals surface area contributed by atoms with E-state index in [0.717, 1.165) is 42.1 Å². The Bertz CT molecular complexity index is 1170. The lowest BCUT2D eigenvalue weighted by atomic mass is 9.82. The Balaban J connectivity index is 1.25. The Kier molecular flexibility index (Phi) is 9.67. The molecule has 2 atom stereocenters. The first-order chi connectivity index (χ1) is 19.6. The Morgan fingerprint density at radius 2 is 2.02 bits per heavy atom. The van der Waals surface area contributed by atoms with E-state index in [4.69, 9.17) is 9.47 Å². The van der Waals surface area contributed by atoms with Gasteiger partial charge < -0.3 is 29.5 Å². The molecule has 214 valence electrons. The summed E-state index contributed by atoms with van der Waals surface area (Å²) < 4.78 is 11.6. The number of nitrogens with zero attached hydrogens (tertiary/aromatic N) is 4. The average molecular weight is 548 g/mol. The molecule has 1 aromatic heterocycles. The number of fused-ring (bicyclic) bond motifs is 3. The molecule has 1 N–H and O–H groups in total. The molecular weight excluding hydrogens is 506 g/mol. The van der Waals surface area contributed by atoms with Gasteiger partial charge in [-0.25, -0.2) is 0 Å². The minimum atomic E-state index is 0.0988. The van der Waals surface area contributed by atoms with Crippen molar-refractivity contribution in [3.8, 4) is 5.75 Å². The second kappa shape index (κ2) is 13.8. The van der Waals surface area contributed by atoms with Crippen molar-refractivity contribution in [3.63, 3.8) is 0 Å². The smallest absolute Gasteiger partial charge is 0.236 e. The number of amides is 2. The Labute approximate surface area is 237 Å². The van der Waals surface area contributed by atoms with Gasteiger partial charge in [0.15, 0.2) is 0 Å². The molecule has 0 saturated carbocycles. The van der Waals surface area contributed by atoms with Crippen molar-refractivity contribution in [1.29, 1.82) is 0 Å². The summed E-state index contributed by atoms with van der Waals surface area (Å²) in [5.41, 5.74) is 3.19. The quantitative estimate of drug-likeness (QED) is 0.556. The molecule has 2 saturated heterocycles. The topological polar surface area (TPSA) is 87.2 Å². The normalized spacial score (nSPS) is 22.7. The van der Waals surface area contributed by atoms with Crippen LogP contribution in [0, 0.1) is 11.8 Å². The number of benzene rings is 1. The molecule has 2 bridgehead atoms. The number of aromatic nitrogens is 1. The predicted molar refractivity (Wildman–Crippen MR) is 154 cm³/mol. The maximum atomic E-state index is 13.1. The average Bonchev–Trinajstić information content (AvgIpc) is 3.00. The molecule has 2 aromatic rings. The minimum absolute atomic E-state index is 0.0988. The van der Waals surface area contributed by atoms with Crippen LogP contribution in [0.4, 0.5) is 5.69 Å². The van der Waals surface area contributed by atoms with Gasteiger partial charge in [0, 0.05) is 82.3 Å². The van der Waals surface area contributed by atoms with Crippen molar-refractivity contribution in [3.05, 3.63) is 66.0 Å². The van der Waals surface area contributed by atoms with Crippen LogP contribution in [0.5, 0.6) is 5.75 Å². The molecule has 4 heterocycles. The van der Waals surface area contributed by atoms with E-state index in [0.29, 0.717) is 59.0 Å². The molecule has 0 unspecified atom stereocenters. The number of morpholine rings is 1. The summed E-state index contributed by atoms with van der Waals surface area (Å²) in [4.78, 5) is 36.6. The molecule has 2 amide bonds. The van der Waals surface area contributed by atoms with Crippen LogP contribution in [-0.2, 0) is 27.3 Å². The number of anilines is 1. The lowest BCUT2D eigenvalue weighted by Gasteiger charge is -2.38. The van der Waals surface area contributed by atoms with Crippen LogP contribution in [0.15, 0.2) is 54.7 Å². The Morgan fingerprint density at radius 1 is 1.15 bits per heavy atom. The highest BCUT2D eigenvalue weighted by atomic mass is 16.5. The predicted octanol–water partition coefficient (Wildman–Crippen LogP) is 2.51. The first-order valence-corrected chi connectivity index (χ1v) is 14.4. The van der Waals surface area contributed by atoms with Gasteiger partial charge in [0.1, 0.15) is 12.4 Å². The first kappa shape index (κ1) is 28.1. The standard InChI is InChI=1S/C31H41N5O4/c1-34(12-10-27-6-2-3-11-33-27)28-7-8-29-26(19-28)21-32-22-31(38)36-13-9-24(25(23-36)5-4-16-40-29)20-30(37)35-14-17-39-18-15-35/h2-8,11,19,24-25,32H,9-10,12-18,20-23H2,1H3/b5-4-/t24-,25-/m0/s1.